The molecule has 0 saturated carbocycles. The summed E-state index contributed by atoms with van der Waals surface area (Å²) in [7, 11) is 3.26. The van der Waals surface area contributed by atoms with E-state index in [0.717, 1.165) is 5.56 Å². The number of hydrogen-bond donors (Lipinski definition) is 2. The predicted octanol–water partition coefficient (Wildman–Crippen LogP) is 1.02. The van der Waals surface area contributed by atoms with Crippen molar-refractivity contribution in [1.29, 1.82) is 0 Å². The highest BCUT2D eigenvalue weighted by Gasteiger charge is 2.27. The maximum Gasteiger partial charge on any atom is 0.274 e. The van der Waals surface area contributed by atoms with Crippen LogP contribution in [-0.4, -0.2) is 63.1 Å². The van der Waals surface area contributed by atoms with Crippen molar-refractivity contribution >= 4 is 11.9 Å². The molecule has 2 rings (SSSR count). The lowest BCUT2D eigenvalue weighted by Gasteiger charge is -2.18. The molecule has 8 nitrogen and oxygen atoms in total. The quantitative estimate of drug-likeness (QED) is 0.576. The first-order valence-electron chi connectivity index (χ1n) is 10.2. The minimum absolute atomic E-state index is 0.0519. The molecule has 0 aliphatic carbocycles. The number of halogens is 1. The van der Waals surface area contributed by atoms with Gasteiger partial charge in [-0.25, -0.2) is 9.07 Å². The molecule has 2 aromatic rings. The zero-order valence-electron chi connectivity index (χ0n) is 18.2. The van der Waals surface area contributed by atoms with Gasteiger partial charge in [-0.15, -0.1) is 0 Å². The van der Waals surface area contributed by atoms with Gasteiger partial charge < -0.3 is 25.0 Å². The zero-order chi connectivity index (χ0) is 23.3. The third-order valence-corrected chi connectivity index (χ3v) is 4.94. The first-order chi connectivity index (χ1) is 14.5. The minimum Gasteiger partial charge on any atom is -0.550 e. The topological polar surface area (TPSA) is 119 Å². The Morgan fingerprint density at radius 3 is 2.29 bits per heavy atom. The van der Waals surface area contributed by atoms with E-state index < -0.39 is 30.4 Å². The Balaban J connectivity index is 2.41. The van der Waals surface area contributed by atoms with Crippen LogP contribution in [0.25, 0.3) is 5.69 Å². The molecule has 2 N–H and O–H groups in total. The number of amides is 1. The summed E-state index contributed by atoms with van der Waals surface area (Å²) in [6, 6.07) is 5.71. The summed E-state index contributed by atoms with van der Waals surface area (Å²) in [6.07, 6.45) is -2.30. The average Bonchev–Trinajstić information content (AvgIpc) is 3.05. The molecule has 0 bridgehead atoms. The summed E-state index contributed by atoms with van der Waals surface area (Å²) in [5.74, 6) is -2.11. The highest BCUT2D eigenvalue weighted by Crippen LogP contribution is 2.29. The van der Waals surface area contributed by atoms with Gasteiger partial charge in [0.2, 0.25) is 0 Å². The number of aliphatic carboxylic acids is 1. The maximum atomic E-state index is 13.4. The van der Waals surface area contributed by atoms with Gasteiger partial charge in [0.1, 0.15) is 5.82 Å². The number of aliphatic hydroxyl groups excluding tert-OH is 2. The molecule has 1 heterocycles. The fraction of sp³-hybridized carbons (Fsp3) is 0.500. The van der Waals surface area contributed by atoms with Crippen LogP contribution < -0.4 is 5.11 Å². The van der Waals surface area contributed by atoms with Crippen LogP contribution in [0.15, 0.2) is 24.3 Å². The monoisotopic (exact) mass is 434 g/mol. The molecule has 0 saturated heterocycles. The van der Waals surface area contributed by atoms with Gasteiger partial charge in [-0.05, 0) is 49.4 Å². The van der Waals surface area contributed by atoms with E-state index in [-0.39, 0.29) is 30.4 Å². The van der Waals surface area contributed by atoms with Gasteiger partial charge in [0.25, 0.3) is 5.91 Å². The van der Waals surface area contributed by atoms with Crippen LogP contribution in [0.5, 0.6) is 0 Å². The van der Waals surface area contributed by atoms with Crippen LogP contribution in [0, 0.1) is 5.82 Å². The van der Waals surface area contributed by atoms with Crippen LogP contribution in [0.4, 0.5) is 4.39 Å². The Morgan fingerprint density at radius 1 is 1.16 bits per heavy atom. The summed E-state index contributed by atoms with van der Waals surface area (Å²) < 4.78 is 15.0. The molecule has 1 aromatic heterocycles. The van der Waals surface area contributed by atoms with E-state index in [1.807, 2.05) is 13.8 Å². The lowest BCUT2D eigenvalue weighted by atomic mass is 9.95. The van der Waals surface area contributed by atoms with Gasteiger partial charge in [-0.1, -0.05) is 13.8 Å². The number of carboxylic acid groups (broad SMARTS) is 1. The van der Waals surface area contributed by atoms with Crippen molar-refractivity contribution in [3.8, 4) is 5.69 Å². The molecular formula is C22H29FN3O5-. The second-order valence-electron chi connectivity index (χ2n) is 8.11. The Hall–Kier alpha value is -2.78. The number of carboxylic acids is 1. The minimum atomic E-state index is -1.39. The molecule has 1 aromatic carbocycles. The molecule has 1 amide bonds. The van der Waals surface area contributed by atoms with Crippen LogP contribution in [0.3, 0.4) is 0 Å². The molecular weight excluding hydrogens is 405 g/mol. The SMILES string of the molecule is CC(C)c1c(C(=O)N(C)C)nn(-c2ccc(F)cc2)c1CC[C@@H](O)C[C@@H](O)CC(=O)[O-]. The van der Waals surface area contributed by atoms with Gasteiger partial charge >= 0.3 is 0 Å². The van der Waals surface area contributed by atoms with Crippen LogP contribution >= 0.6 is 0 Å². The van der Waals surface area contributed by atoms with Crippen molar-refractivity contribution in [2.75, 3.05) is 14.1 Å². The molecule has 2 atom stereocenters. The second kappa shape index (κ2) is 10.5. The predicted molar refractivity (Wildman–Crippen MR) is 110 cm³/mol. The third-order valence-electron chi connectivity index (χ3n) is 4.94. The average molecular weight is 434 g/mol. The molecule has 0 spiro atoms. The lowest BCUT2D eigenvalue weighted by Crippen LogP contribution is -2.29. The lowest BCUT2D eigenvalue weighted by molar-refractivity contribution is -0.307. The number of carbonyl (C=O) groups excluding carboxylic acids is 2. The van der Waals surface area contributed by atoms with Crippen molar-refractivity contribution in [2.45, 2.75) is 57.7 Å². The molecule has 0 radical (unpaired) electrons. The first-order valence-corrected chi connectivity index (χ1v) is 10.2. The molecule has 9 heteroatoms. The van der Waals surface area contributed by atoms with Gasteiger partial charge in [-0.3, -0.25) is 4.79 Å². The zero-order valence-corrected chi connectivity index (χ0v) is 18.2. The van der Waals surface area contributed by atoms with E-state index in [0.29, 0.717) is 17.8 Å². The fourth-order valence-electron chi connectivity index (χ4n) is 3.49. The van der Waals surface area contributed by atoms with Crippen LogP contribution in [-0.2, 0) is 11.2 Å². The second-order valence-corrected chi connectivity index (χ2v) is 8.11. The smallest absolute Gasteiger partial charge is 0.274 e. The maximum absolute atomic E-state index is 13.4. The molecule has 170 valence electrons. The van der Waals surface area contributed by atoms with Crippen molar-refractivity contribution in [3.63, 3.8) is 0 Å². The van der Waals surface area contributed by atoms with Crippen LogP contribution in [0.2, 0.25) is 0 Å². The van der Waals surface area contributed by atoms with E-state index in [4.69, 9.17) is 0 Å². The first kappa shape index (κ1) is 24.5. The van der Waals surface area contributed by atoms with E-state index >= 15 is 0 Å². The summed E-state index contributed by atoms with van der Waals surface area (Å²) in [5.41, 5.74) is 2.28. The molecule has 31 heavy (non-hydrogen) atoms. The number of aromatic nitrogens is 2. The van der Waals surface area contributed by atoms with Crippen LogP contribution in [0.1, 0.15) is 60.8 Å². The Morgan fingerprint density at radius 2 is 1.77 bits per heavy atom. The molecule has 0 aliphatic heterocycles. The van der Waals surface area contributed by atoms with Crippen molar-refractivity contribution < 1.29 is 29.3 Å². The van der Waals surface area contributed by atoms with Gasteiger partial charge in [0.05, 0.1) is 17.9 Å². The highest BCUT2D eigenvalue weighted by atomic mass is 19.1. The van der Waals surface area contributed by atoms with E-state index in [2.05, 4.69) is 5.10 Å². The van der Waals surface area contributed by atoms with E-state index in [9.17, 15) is 29.3 Å². The highest BCUT2D eigenvalue weighted by molar-refractivity contribution is 5.94. The Labute approximate surface area is 180 Å². The number of rotatable bonds is 10. The summed E-state index contributed by atoms with van der Waals surface area (Å²) in [6.45, 7) is 3.87. The number of carbonyl (C=O) groups is 2. The summed E-state index contributed by atoms with van der Waals surface area (Å²) >= 11 is 0. The summed E-state index contributed by atoms with van der Waals surface area (Å²) in [5, 5.41) is 35.2. The molecule has 0 fully saturated rings. The Kier molecular flexibility index (Phi) is 8.29. The van der Waals surface area contributed by atoms with Crippen molar-refractivity contribution in [3.05, 3.63) is 47.0 Å². The molecule has 0 aliphatic rings. The summed E-state index contributed by atoms with van der Waals surface area (Å²) in [4.78, 5) is 24.8. The van der Waals surface area contributed by atoms with Gasteiger partial charge in [-0.2, -0.15) is 5.10 Å². The normalized spacial score (nSPS) is 13.3. The van der Waals surface area contributed by atoms with Crippen molar-refractivity contribution in [2.24, 2.45) is 0 Å². The number of hydrogen-bond acceptors (Lipinski definition) is 6. The van der Waals surface area contributed by atoms with E-state index in [1.165, 1.54) is 17.0 Å². The van der Waals surface area contributed by atoms with E-state index in [1.54, 1.807) is 30.9 Å². The number of benzene rings is 1. The van der Waals surface area contributed by atoms with Gasteiger partial charge in [0.15, 0.2) is 5.69 Å². The number of aliphatic hydroxyl groups is 2. The number of nitrogens with zero attached hydrogens (tertiary/aromatic N) is 3. The van der Waals surface area contributed by atoms with Gasteiger partial charge in [0, 0.05) is 37.7 Å². The largest absolute Gasteiger partial charge is 0.550 e. The van der Waals surface area contributed by atoms with Crippen molar-refractivity contribution in [1.82, 2.24) is 14.7 Å². The third kappa shape index (κ3) is 6.35. The standard InChI is InChI=1S/C22H30FN3O5/c1-13(2)20-18(10-9-16(27)11-17(28)12-19(29)30)26(15-7-5-14(23)6-8-15)24-21(20)22(31)25(3)4/h5-8,13,16-17,27-28H,9-12H2,1-4H3,(H,29,30)/p-1/t16-,17-/m1/s1. The molecule has 0 unspecified atom stereocenters. The fourth-order valence-corrected chi connectivity index (χ4v) is 3.49. The Bertz CT molecular complexity index is 909.